The molecule has 0 aromatic carbocycles. The number of carbonyl (C=O) groups is 1. The minimum Gasteiger partial charge on any atom is -0.298 e. The lowest BCUT2D eigenvalue weighted by Gasteiger charge is -2.26. The first-order valence-corrected chi connectivity index (χ1v) is 4.39. The van der Waals surface area contributed by atoms with Crippen LogP contribution in [0.4, 0.5) is 4.39 Å². The van der Waals surface area contributed by atoms with E-state index in [1.165, 1.54) is 0 Å². The van der Waals surface area contributed by atoms with Crippen LogP contribution in [0.25, 0.3) is 0 Å². The zero-order valence-corrected chi connectivity index (χ0v) is 7.11. The molecule has 1 nitrogen and oxygen atoms in total. The maximum atomic E-state index is 13.1. The van der Waals surface area contributed by atoms with Crippen molar-refractivity contribution in [3.63, 3.8) is 0 Å². The molecule has 0 aliphatic heterocycles. The van der Waals surface area contributed by atoms with Crippen LogP contribution in [-0.4, -0.2) is 11.4 Å². The first-order valence-electron chi connectivity index (χ1n) is 4.01. The van der Waals surface area contributed by atoms with Gasteiger partial charge in [0.2, 0.25) is 5.13 Å². The van der Waals surface area contributed by atoms with Crippen molar-refractivity contribution in [2.75, 3.05) is 0 Å². The van der Waals surface area contributed by atoms with Gasteiger partial charge in [-0.05, 0) is 12.8 Å². The third kappa shape index (κ3) is 2.16. The maximum absolute atomic E-state index is 13.1. The van der Waals surface area contributed by atoms with E-state index in [0.29, 0.717) is 0 Å². The Morgan fingerprint density at radius 1 is 1.36 bits per heavy atom. The van der Waals surface area contributed by atoms with Crippen LogP contribution in [0.2, 0.25) is 0 Å². The molecule has 0 aromatic rings. The number of hydrogen-bond donors (Lipinski definition) is 0. The number of rotatable bonds is 2. The average Bonchev–Trinajstić information content (AvgIpc) is 2.06. The zero-order valence-electron chi connectivity index (χ0n) is 6.35. The zero-order chi connectivity index (χ0) is 8.32. The van der Waals surface area contributed by atoms with Crippen molar-refractivity contribution in [1.82, 2.24) is 0 Å². The molecule has 1 aliphatic carbocycles. The second-order valence-electron chi connectivity index (χ2n) is 3.13. The van der Waals surface area contributed by atoms with Gasteiger partial charge in [0, 0.05) is 5.92 Å². The number of hydrogen-bond acceptors (Lipinski definition) is 1. The number of aldehydes is 1. The lowest BCUT2D eigenvalue weighted by atomic mass is 9.86. The van der Waals surface area contributed by atoms with Gasteiger partial charge in [0.15, 0.2) is 6.29 Å². The highest BCUT2D eigenvalue weighted by Gasteiger charge is 2.37. The summed E-state index contributed by atoms with van der Waals surface area (Å²) in [7, 11) is 0. The molecule has 0 bridgehead atoms. The van der Waals surface area contributed by atoms with Gasteiger partial charge in [-0.2, -0.15) is 0 Å². The standard InChI is InChI=1S/C8H12ClFO/c9-8(10,6-11)7-4-2-1-3-5-7/h6-7H,1-5H2/t8-/m1/s1. The van der Waals surface area contributed by atoms with Gasteiger partial charge < -0.3 is 0 Å². The fraction of sp³-hybridized carbons (Fsp3) is 0.875. The minimum atomic E-state index is -2.10. The van der Waals surface area contributed by atoms with E-state index in [0.717, 1.165) is 32.1 Å². The second kappa shape index (κ2) is 3.53. The SMILES string of the molecule is O=C[C@](F)(Cl)C1CCCCC1. The molecule has 1 saturated carbocycles. The summed E-state index contributed by atoms with van der Waals surface area (Å²) in [4.78, 5) is 10.2. The average molecular weight is 179 g/mol. The highest BCUT2D eigenvalue weighted by Crippen LogP contribution is 2.36. The Balaban J connectivity index is 2.50. The van der Waals surface area contributed by atoms with Gasteiger partial charge in [-0.1, -0.05) is 30.9 Å². The molecule has 0 radical (unpaired) electrons. The maximum Gasteiger partial charge on any atom is 0.240 e. The third-order valence-corrected chi connectivity index (χ3v) is 2.70. The van der Waals surface area contributed by atoms with Gasteiger partial charge in [0.1, 0.15) is 0 Å². The van der Waals surface area contributed by atoms with Gasteiger partial charge >= 0.3 is 0 Å². The van der Waals surface area contributed by atoms with E-state index >= 15 is 0 Å². The van der Waals surface area contributed by atoms with Crippen LogP contribution < -0.4 is 0 Å². The van der Waals surface area contributed by atoms with E-state index in [9.17, 15) is 9.18 Å². The molecule has 1 rings (SSSR count). The summed E-state index contributed by atoms with van der Waals surface area (Å²) in [6.45, 7) is 0. The van der Waals surface area contributed by atoms with Gasteiger partial charge in [0.05, 0.1) is 0 Å². The Bertz CT molecular complexity index is 141. The summed E-state index contributed by atoms with van der Waals surface area (Å²) in [5, 5.41) is -2.10. The van der Waals surface area contributed by atoms with Gasteiger partial charge in [-0.15, -0.1) is 0 Å². The minimum absolute atomic E-state index is 0.227. The Hall–Kier alpha value is -0.110. The van der Waals surface area contributed by atoms with E-state index < -0.39 is 5.13 Å². The first kappa shape index (κ1) is 8.98. The molecule has 0 N–H and O–H groups in total. The Labute approximate surface area is 70.9 Å². The fourth-order valence-corrected chi connectivity index (χ4v) is 1.80. The summed E-state index contributed by atoms with van der Waals surface area (Å²) in [5.74, 6) is -0.254. The molecule has 0 heterocycles. The van der Waals surface area contributed by atoms with Crippen LogP contribution in [0.5, 0.6) is 0 Å². The fourth-order valence-electron chi connectivity index (χ4n) is 1.58. The molecule has 0 unspecified atom stereocenters. The molecular weight excluding hydrogens is 167 g/mol. The number of alkyl halides is 2. The molecule has 0 aromatic heterocycles. The lowest BCUT2D eigenvalue weighted by molar-refractivity contribution is -0.116. The molecule has 0 saturated heterocycles. The van der Waals surface area contributed by atoms with Gasteiger partial charge in [0.25, 0.3) is 0 Å². The lowest BCUT2D eigenvalue weighted by Crippen LogP contribution is -2.30. The Kier molecular flexibility index (Phi) is 2.88. The molecule has 0 amide bonds. The monoisotopic (exact) mass is 178 g/mol. The van der Waals surface area contributed by atoms with Gasteiger partial charge in [-0.25, -0.2) is 4.39 Å². The number of carbonyl (C=O) groups excluding carboxylic acids is 1. The molecule has 1 fully saturated rings. The van der Waals surface area contributed by atoms with Crippen LogP contribution in [0.1, 0.15) is 32.1 Å². The van der Waals surface area contributed by atoms with Crippen LogP contribution >= 0.6 is 11.6 Å². The topological polar surface area (TPSA) is 17.1 Å². The second-order valence-corrected chi connectivity index (χ2v) is 3.71. The normalized spacial score (nSPS) is 26.0. The van der Waals surface area contributed by atoms with Crippen molar-refractivity contribution in [2.45, 2.75) is 37.2 Å². The summed E-state index contributed by atoms with van der Waals surface area (Å²) in [5.41, 5.74) is 0. The van der Waals surface area contributed by atoms with Crippen LogP contribution in [-0.2, 0) is 4.79 Å². The summed E-state index contributed by atoms with van der Waals surface area (Å²) in [6.07, 6.45) is 4.86. The Morgan fingerprint density at radius 3 is 2.36 bits per heavy atom. The molecule has 1 aliphatic rings. The quantitative estimate of drug-likeness (QED) is 0.470. The van der Waals surface area contributed by atoms with E-state index in [-0.39, 0.29) is 12.2 Å². The Morgan fingerprint density at radius 2 is 1.91 bits per heavy atom. The van der Waals surface area contributed by atoms with Crippen molar-refractivity contribution >= 4 is 17.9 Å². The molecule has 3 heteroatoms. The largest absolute Gasteiger partial charge is 0.298 e. The van der Waals surface area contributed by atoms with Crippen molar-refractivity contribution in [2.24, 2.45) is 5.92 Å². The smallest absolute Gasteiger partial charge is 0.240 e. The summed E-state index contributed by atoms with van der Waals surface area (Å²) < 4.78 is 13.1. The number of halogens is 2. The van der Waals surface area contributed by atoms with Crippen molar-refractivity contribution in [3.05, 3.63) is 0 Å². The molecule has 0 spiro atoms. The van der Waals surface area contributed by atoms with Gasteiger partial charge in [-0.3, -0.25) is 4.79 Å². The van der Waals surface area contributed by atoms with Crippen molar-refractivity contribution in [3.8, 4) is 0 Å². The van der Waals surface area contributed by atoms with E-state index in [4.69, 9.17) is 11.6 Å². The molecular formula is C8H12ClFO. The predicted molar refractivity (Wildman–Crippen MR) is 42.3 cm³/mol. The summed E-state index contributed by atoms with van der Waals surface area (Å²) in [6, 6.07) is 0. The molecule has 64 valence electrons. The van der Waals surface area contributed by atoms with E-state index in [1.807, 2.05) is 0 Å². The third-order valence-electron chi connectivity index (χ3n) is 2.31. The molecule has 11 heavy (non-hydrogen) atoms. The van der Waals surface area contributed by atoms with Crippen molar-refractivity contribution in [1.29, 1.82) is 0 Å². The summed E-state index contributed by atoms with van der Waals surface area (Å²) >= 11 is 5.36. The van der Waals surface area contributed by atoms with E-state index in [1.54, 1.807) is 0 Å². The molecule has 1 atom stereocenters. The highest BCUT2D eigenvalue weighted by molar-refractivity contribution is 6.30. The van der Waals surface area contributed by atoms with E-state index in [2.05, 4.69) is 0 Å². The first-order chi connectivity index (χ1) is 5.17. The van der Waals surface area contributed by atoms with Crippen LogP contribution in [0.3, 0.4) is 0 Å². The van der Waals surface area contributed by atoms with Crippen LogP contribution in [0.15, 0.2) is 0 Å². The highest BCUT2D eigenvalue weighted by atomic mass is 35.5. The van der Waals surface area contributed by atoms with Crippen LogP contribution in [0, 0.1) is 5.92 Å². The van der Waals surface area contributed by atoms with Crippen molar-refractivity contribution < 1.29 is 9.18 Å². The predicted octanol–water partition coefficient (Wildman–Crippen LogP) is 2.67.